The van der Waals surface area contributed by atoms with Gasteiger partial charge >= 0.3 is 0 Å². The number of carbonyl (C=O) groups is 1. The molecule has 0 unspecified atom stereocenters. The molecular formula is C18H22N4O5S. The molecule has 1 fully saturated rings. The van der Waals surface area contributed by atoms with E-state index in [4.69, 9.17) is 4.74 Å². The van der Waals surface area contributed by atoms with Crippen LogP contribution in [-0.2, 0) is 21.4 Å². The molecule has 0 saturated carbocycles. The number of ether oxygens (including phenoxy) is 1. The van der Waals surface area contributed by atoms with Crippen LogP contribution in [0.1, 0.15) is 0 Å². The smallest absolute Gasteiger partial charge is 0.254 e. The number of hydrogen-bond acceptors (Lipinski definition) is 6. The van der Waals surface area contributed by atoms with E-state index in [0.29, 0.717) is 24.5 Å². The molecule has 3 rings (SSSR count). The summed E-state index contributed by atoms with van der Waals surface area (Å²) in [5, 5.41) is 0. The number of methoxy groups -OCH3 is 1. The van der Waals surface area contributed by atoms with Crippen molar-refractivity contribution in [2.75, 3.05) is 39.5 Å². The first-order valence-corrected chi connectivity index (χ1v) is 10.6. The molecule has 1 aromatic heterocycles. The summed E-state index contributed by atoms with van der Waals surface area (Å²) in [6, 6.07) is 8.55. The maximum atomic E-state index is 12.5. The van der Waals surface area contributed by atoms with Crippen LogP contribution in [0.3, 0.4) is 0 Å². The zero-order chi connectivity index (χ0) is 20.3. The van der Waals surface area contributed by atoms with E-state index in [1.54, 1.807) is 36.3 Å². The van der Waals surface area contributed by atoms with E-state index in [1.165, 1.54) is 21.3 Å². The lowest BCUT2D eigenvalue weighted by molar-refractivity contribution is -0.133. The zero-order valence-electron chi connectivity index (χ0n) is 15.7. The Morgan fingerprint density at radius 1 is 1.14 bits per heavy atom. The van der Waals surface area contributed by atoms with Crippen molar-refractivity contribution in [2.24, 2.45) is 0 Å². The second kappa shape index (κ2) is 8.11. The monoisotopic (exact) mass is 406 g/mol. The van der Waals surface area contributed by atoms with E-state index >= 15 is 0 Å². The largest absolute Gasteiger partial charge is 0.497 e. The second-order valence-electron chi connectivity index (χ2n) is 6.51. The second-order valence-corrected chi connectivity index (χ2v) is 8.49. The normalized spacial score (nSPS) is 15.4. The summed E-state index contributed by atoms with van der Waals surface area (Å²) in [6.07, 6.45) is 2.51. The van der Waals surface area contributed by atoms with Crippen molar-refractivity contribution in [3.05, 3.63) is 47.0 Å². The number of piperazine rings is 1. The fourth-order valence-electron chi connectivity index (χ4n) is 2.98. The Morgan fingerprint density at radius 2 is 1.79 bits per heavy atom. The molecule has 0 aliphatic carbocycles. The van der Waals surface area contributed by atoms with Crippen LogP contribution in [0.25, 0.3) is 11.3 Å². The van der Waals surface area contributed by atoms with Crippen LogP contribution in [0, 0.1) is 0 Å². The van der Waals surface area contributed by atoms with Crippen molar-refractivity contribution >= 4 is 15.9 Å². The summed E-state index contributed by atoms with van der Waals surface area (Å²) < 4.78 is 30.8. The van der Waals surface area contributed by atoms with Gasteiger partial charge in [-0.25, -0.2) is 13.4 Å². The highest BCUT2D eigenvalue weighted by Crippen LogP contribution is 2.19. The van der Waals surface area contributed by atoms with Crippen molar-refractivity contribution in [3.8, 4) is 17.0 Å². The predicted molar refractivity (Wildman–Crippen MR) is 103 cm³/mol. The van der Waals surface area contributed by atoms with Gasteiger partial charge in [-0.2, -0.15) is 4.31 Å². The third kappa shape index (κ3) is 4.57. The summed E-state index contributed by atoms with van der Waals surface area (Å²) in [4.78, 5) is 30.7. The minimum atomic E-state index is -3.25. The Hall–Kier alpha value is -2.72. The van der Waals surface area contributed by atoms with Gasteiger partial charge in [0.2, 0.25) is 15.9 Å². The summed E-state index contributed by atoms with van der Waals surface area (Å²) in [5.41, 5.74) is 0.954. The van der Waals surface area contributed by atoms with E-state index in [-0.39, 0.29) is 31.1 Å². The molecule has 1 amide bonds. The molecule has 9 nitrogen and oxygen atoms in total. The first-order chi connectivity index (χ1) is 13.3. The van der Waals surface area contributed by atoms with Gasteiger partial charge in [0.1, 0.15) is 12.3 Å². The number of nitrogens with zero attached hydrogens (tertiary/aromatic N) is 4. The van der Waals surface area contributed by atoms with Gasteiger partial charge in [0.15, 0.2) is 0 Å². The highest BCUT2D eigenvalue weighted by atomic mass is 32.2. The maximum absolute atomic E-state index is 12.5. The molecule has 0 radical (unpaired) electrons. The molecular weight excluding hydrogens is 384 g/mol. The van der Waals surface area contributed by atoms with E-state index < -0.39 is 10.0 Å². The summed E-state index contributed by atoms with van der Waals surface area (Å²) >= 11 is 0. The third-order valence-corrected chi connectivity index (χ3v) is 5.93. The Morgan fingerprint density at radius 3 is 2.32 bits per heavy atom. The van der Waals surface area contributed by atoms with Crippen molar-refractivity contribution in [3.63, 3.8) is 0 Å². The maximum Gasteiger partial charge on any atom is 0.254 e. The molecule has 1 aromatic carbocycles. The van der Waals surface area contributed by atoms with Gasteiger partial charge < -0.3 is 9.64 Å². The van der Waals surface area contributed by atoms with Gasteiger partial charge in [0, 0.05) is 37.8 Å². The fourth-order valence-corrected chi connectivity index (χ4v) is 3.81. The number of hydrogen-bond donors (Lipinski definition) is 0. The Bertz CT molecular complexity index is 1010. The van der Waals surface area contributed by atoms with Crippen LogP contribution >= 0.6 is 0 Å². The third-order valence-electron chi connectivity index (χ3n) is 4.63. The van der Waals surface area contributed by atoms with Crippen LogP contribution in [0.5, 0.6) is 5.75 Å². The quantitative estimate of drug-likeness (QED) is 0.694. The van der Waals surface area contributed by atoms with E-state index in [2.05, 4.69) is 4.98 Å². The number of aromatic nitrogens is 2. The lowest BCUT2D eigenvalue weighted by Gasteiger charge is -2.33. The van der Waals surface area contributed by atoms with Gasteiger partial charge in [0.25, 0.3) is 5.56 Å². The van der Waals surface area contributed by atoms with Gasteiger partial charge in [-0.1, -0.05) is 0 Å². The summed E-state index contributed by atoms with van der Waals surface area (Å²) in [6.45, 7) is 0.992. The number of amides is 1. The first-order valence-electron chi connectivity index (χ1n) is 8.72. The minimum absolute atomic E-state index is 0.131. The van der Waals surface area contributed by atoms with Crippen LogP contribution in [0.4, 0.5) is 0 Å². The molecule has 1 saturated heterocycles. The standard InChI is InChI=1S/C18H22N4O5S/c1-27-15-5-3-14(4-6-15)16-11-17(23)21(13-19-16)12-18(24)20-7-9-22(10-8-20)28(2,25)26/h3-6,11,13H,7-10,12H2,1-2H3. The average Bonchev–Trinajstić information content (AvgIpc) is 2.69. The Kier molecular flexibility index (Phi) is 5.80. The molecule has 2 heterocycles. The van der Waals surface area contributed by atoms with Crippen LogP contribution in [0.2, 0.25) is 0 Å². The van der Waals surface area contributed by atoms with Crippen LogP contribution < -0.4 is 10.3 Å². The lowest BCUT2D eigenvalue weighted by atomic mass is 10.1. The van der Waals surface area contributed by atoms with E-state index in [1.807, 2.05) is 0 Å². The van der Waals surface area contributed by atoms with E-state index in [0.717, 1.165) is 11.8 Å². The molecule has 150 valence electrons. The molecule has 0 spiro atoms. The SMILES string of the molecule is COc1ccc(-c2cc(=O)n(CC(=O)N3CCN(S(C)(=O)=O)CC3)cn2)cc1. The number of carbonyl (C=O) groups excluding carboxylic acids is 1. The summed E-state index contributed by atoms with van der Waals surface area (Å²) in [7, 11) is -1.68. The number of benzene rings is 1. The molecule has 10 heteroatoms. The van der Waals surface area contributed by atoms with Crippen molar-refractivity contribution < 1.29 is 17.9 Å². The first kappa shape index (κ1) is 20.0. The van der Waals surface area contributed by atoms with Gasteiger partial charge in [-0.05, 0) is 24.3 Å². The molecule has 1 aliphatic rings. The molecule has 2 aromatic rings. The van der Waals surface area contributed by atoms with Crippen molar-refractivity contribution in [2.45, 2.75) is 6.54 Å². The van der Waals surface area contributed by atoms with Crippen LogP contribution in [0.15, 0.2) is 41.5 Å². The average molecular weight is 406 g/mol. The molecule has 1 aliphatic heterocycles. The lowest BCUT2D eigenvalue weighted by Crippen LogP contribution is -2.51. The van der Waals surface area contributed by atoms with Crippen molar-refractivity contribution in [1.82, 2.24) is 18.8 Å². The molecule has 28 heavy (non-hydrogen) atoms. The number of sulfonamides is 1. The fraction of sp³-hybridized carbons (Fsp3) is 0.389. The predicted octanol–water partition coefficient (Wildman–Crippen LogP) is 0.0227. The van der Waals surface area contributed by atoms with E-state index in [9.17, 15) is 18.0 Å². The zero-order valence-corrected chi connectivity index (χ0v) is 16.6. The van der Waals surface area contributed by atoms with Gasteiger partial charge in [0.05, 0.1) is 25.4 Å². The minimum Gasteiger partial charge on any atom is -0.497 e. The molecule has 0 atom stereocenters. The van der Waals surface area contributed by atoms with Crippen molar-refractivity contribution in [1.29, 1.82) is 0 Å². The number of rotatable bonds is 5. The Labute approximate surface area is 163 Å². The molecule has 0 N–H and O–H groups in total. The van der Waals surface area contributed by atoms with Crippen LogP contribution in [-0.4, -0.2) is 72.6 Å². The van der Waals surface area contributed by atoms with Gasteiger partial charge in [-0.3, -0.25) is 14.2 Å². The highest BCUT2D eigenvalue weighted by Gasteiger charge is 2.26. The molecule has 0 bridgehead atoms. The Balaban J connectivity index is 1.66. The highest BCUT2D eigenvalue weighted by molar-refractivity contribution is 7.88. The summed E-state index contributed by atoms with van der Waals surface area (Å²) in [5.74, 6) is 0.466. The van der Waals surface area contributed by atoms with Gasteiger partial charge in [-0.15, -0.1) is 0 Å². The topological polar surface area (TPSA) is 102 Å².